The Bertz CT molecular complexity index is 418. The van der Waals surface area contributed by atoms with Crippen molar-refractivity contribution in [3.8, 4) is 11.5 Å². The van der Waals surface area contributed by atoms with Crippen molar-refractivity contribution in [3.63, 3.8) is 0 Å². The zero-order valence-corrected chi connectivity index (χ0v) is 9.67. The number of methoxy groups -OCH3 is 2. The van der Waals surface area contributed by atoms with Crippen molar-refractivity contribution in [2.24, 2.45) is 10.9 Å². The molecule has 0 amide bonds. The van der Waals surface area contributed by atoms with Gasteiger partial charge in [0.05, 0.1) is 20.4 Å². The van der Waals surface area contributed by atoms with Crippen LogP contribution in [0, 0.1) is 0 Å². The average molecular weight is 238 g/mol. The molecule has 0 spiro atoms. The van der Waals surface area contributed by atoms with Gasteiger partial charge in [-0.25, -0.2) is 4.79 Å². The largest absolute Gasteiger partial charge is 0.493 e. The molecule has 1 aromatic carbocycles. The highest BCUT2D eigenvalue weighted by Gasteiger charge is 2.11. The number of hydrazone groups is 1. The number of carbonyl (C=O) groups excluding carboxylic acids is 1. The van der Waals surface area contributed by atoms with Crippen LogP contribution in [0.25, 0.3) is 0 Å². The number of nitrogens with two attached hydrogens (primary N) is 1. The van der Waals surface area contributed by atoms with E-state index in [1.807, 2.05) is 0 Å². The van der Waals surface area contributed by atoms with E-state index in [1.165, 1.54) is 20.4 Å². The number of hydrogen-bond donors (Lipinski definition) is 1. The second-order valence-electron chi connectivity index (χ2n) is 3.02. The first-order valence-electron chi connectivity index (χ1n) is 4.82. The van der Waals surface area contributed by atoms with E-state index in [9.17, 15) is 4.79 Å². The van der Waals surface area contributed by atoms with Gasteiger partial charge in [-0.15, -0.1) is 0 Å². The molecule has 0 aliphatic heterocycles. The van der Waals surface area contributed by atoms with E-state index in [1.54, 1.807) is 18.2 Å². The molecule has 0 radical (unpaired) electrons. The molecule has 17 heavy (non-hydrogen) atoms. The van der Waals surface area contributed by atoms with Crippen molar-refractivity contribution in [3.05, 3.63) is 23.8 Å². The van der Waals surface area contributed by atoms with Crippen LogP contribution < -0.4 is 15.3 Å². The molecule has 0 unspecified atom stereocenters. The van der Waals surface area contributed by atoms with Crippen LogP contribution in [0.4, 0.5) is 0 Å². The molecule has 6 nitrogen and oxygen atoms in total. The lowest BCUT2D eigenvalue weighted by molar-refractivity contribution is -0.142. The van der Waals surface area contributed by atoms with E-state index < -0.39 is 5.97 Å². The highest BCUT2D eigenvalue weighted by molar-refractivity contribution is 5.85. The maximum atomic E-state index is 11.0. The first-order chi connectivity index (χ1) is 8.22. The summed E-state index contributed by atoms with van der Waals surface area (Å²) in [6.45, 7) is -0.206. The topological polar surface area (TPSA) is 83.1 Å². The highest BCUT2D eigenvalue weighted by Crippen LogP contribution is 2.29. The molecular weight excluding hydrogens is 224 g/mol. The van der Waals surface area contributed by atoms with Gasteiger partial charge in [-0.1, -0.05) is 6.07 Å². The fraction of sp³-hybridized carbons (Fsp3) is 0.273. The zero-order valence-electron chi connectivity index (χ0n) is 9.67. The van der Waals surface area contributed by atoms with Crippen LogP contribution in [0.1, 0.15) is 5.56 Å². The van der Waals surface area contributed by atoms with Crippen LogP contribution in [0.2, 0.25) is 0 Å². The summed E-state index contributed by atoms with van der Waals surface area (Å²) in [4.78, 5) is 11.0. The number of carbonyl (C=O) groups is 1. The SMILES string of the molecule is COC(=O)COc1c(C=NN)cccc1OC. The van der Waals surface area contributed by atoms with Gasteiger partial charge in [0.15, 0.2) is 18.1 Å². The summed E-state index contributed by atoms with van der Waals surface area (Å²) in [5, 5.41) is 3.41. The van der Waals surface area contributed by atoms with Crippen LogP contribution >= 0.6 is 0 Å². The van der Waals surface area contributed by atoms with Crippen molar-refractivity contribution in [2.45, 2.75) is 0 Å². The molecule has 0 saturated carbocycles. The molecule has 1 aromatic rings. The fourth-order valence-electron chi connectivity index (χ4n) is 1.22. The van der Waals surface area contributed by atoms with Crippen LogP contribution in [-0.2, 0) is 9.53 Å². The van der Waals surface area contributed by atoms with E-state index in [0.717, 1.165) is 0 Å². The maximum Gasteiger partial charge on any atom is 0.343 e. The van der Waals surface area contributed by atoms with E-state index >= 15 is 0 Å². The summed E-state index contributed by atoms with van der Waals surface area (Å²) < 4.78 is 14.9. The fourth-order valence-corrected chi connectivity index (χ4v) is 1.22. The third-order valence-corrected chi connectivity index (χ3v) is 2.00. The third-order valence-electron chi connectivity index (χ3n) is 2.00. The predicted octanol–water partition coefficient (Wildman–Crippen LogP) is 0.540. The van der Waals surface area contributed by atoms with Crippen molar-refractivity contribution in [1.82, 2.24) is 0 Å². The molecule has 0 aliphatic rings. The molecular formula is C11H14N2O4. The molecule has 92 valence electrons. The molecule has 0 heterocycles. The molecule has 0 fully saturated rings. The monoisotopic (exact) mass is 238 g/mol. The number of esters is 1. The highest BCUT2D eigenvalue weighted by atomic mass is 16.6. The van der Waals surface area contributed by atoms with Gasteiger partial charge in [0, 0.05) is 5.56 Å². The number of para-hydroxylation sites is 1. The third kappa shape index (κ3) is 3.37. The van der Waals surface area contributed by atoms with Crippen molar-refractivity contribution < 1.29 is 19.0 Å². The van der Waals surface area contributed by atoms with Gasteiger partial charge in [-0.3, -0.25) is 0 Å². The molecule has 0 saturated heterocycles. The molecule has 6 heteroatoms. The first kappa shape index (κ1) is 12.8. The van der Waals surface area contributed by atoms with Crippen LogP contribution in [0.15, 0.2) is 23.3 Å². The first-order valence-corrected chi connectivity index (χ1v) is 4.82. The van der Waals surface area contributed by atoms with Gasteiger partial charge in [0.1, 0.15) is 0 Å². The number of benzene rings is 1. The Morgan fingerprint density at radius 1 is 1.47 bits per heavy atom. The second-order valence-corrected chi connectivity index (χ2v) is 3.02. The Morgan fingerprint density at radius 3 is 2.82 bits per heavy atom. The summed E-state index contributed by atoms with van der Waals surface area (Å²) >= 11 is 0. The van der Waals surface area contributed by atoms with E-state index in [2.05, 4.69) is 9.84 Å². The van der Waals surface area contributed by atoms with Crippen molar-refractivity contribution >= 4 is 12.2 Å². The van der Waals surface area contributed by atoms with Crippen molar-refractivity contribution in [2.75, 3.05) is 20.8 Å². The van der Waals surface area contributed by atoms with Crippen LogP contribution in [-0.4, -0.2) is 33.0 Å². The van der Waals surface area contributed by atoms with Crippen molar-refractivity contribution in [1.29, 1.82) is 0 Å². The van der Waals surface area contributed by atoms with E-state index in [0.29, 0.717) is 17.1 Å². The molecule has 0 aromatic heterocycles. The second kappa shape index (κ2) is 6.37. The normalized spacial score (nSPS) is 10.2. The maximum absolute atomic E-state index is 11.0. The number of nitrogens with zero attached hydrogens (tertiary/aromatic N) is 1. The molecule has 1 rings (SSSR count). The molecule has 0 atom stereocenters. The van der Waals surface area contributed by atoms with E-state index in [-0.39, 0.29) is 6.61 Å². The van der Waals surface area contributed by atoms with Gasteiger partial charge >= 0.3 is 5.97 Å². The minimum Gasteiger partial charge on any atom is -0.493 e. The Morgan fingerprint density at radius 2 is 2.24 bits per heavy atom. The van der Waals surface area contributed by atoms with Gasteiger partial charge in [0.25, 0.3) is 0 Å². The Hall–Kier alpha value is -2.24. The Balaban J connectivity index is 2.96. The predicted molar refractivity (Wildman–Crippen MR) is 62.3 cm³/mol. The van der Waals surface area contributed by atoms with Gasteiger partial charge in [-0.2, -0.15) is 5.10 Å². The minimum atomic E-state index is -0.480. The Kier molecular flexibility index (Phi) is 4.80. The number of rotatable bonds is 5. The summed E-state index contributed by atoms with van der Waals surface area (Å²) in [6, 6.07) is 5.22. The zero-order chi connectivity index (χ0) is 12.7. The lowest BCUT2D eigenvalue weighted by Gasteiger charge is -2.11. The van der Waals surface area contributed by atoms with Gasteiger partial charge < -0.3 is 20.1 Å². The summed E-state index contributed by atoms with van der Waals surface area (Å²) in [7, 11) is 2.79. The van der Waals surface area contributed by atoms with Gasteiger partial charge in [-0.05, 0) is 12.1 Å². The summed E-state index contributed by atoms with van der Waals surface area (Å²) in [6.07, 6.45) is 1.41. The standard InChI is InChI=1S/C11H14N2O4/c1-15-9-5-3-4-8(6-13-12)11(9)17-7-10(14)16-2/h3-6H,7,12H2,1-2H3. The average Bonchev–Trinajstić information content (AvgIpc) is 2.36. The van der Waals surface area contributed by atoms with Gasteiger partial charge in [0.2, 0.25) is 0 Å². The summed E-state index contributed by atoms with van der Waals surface area (Å²) in [5.74, 6) is 5.49. The van der Waals surface area contributed by atoms with E-state index in [4.69, 9.17) is 15.3 Å². The minimum absolute atomic E-state index is 0.206. The Labute approximate surface area is 99.0 Å². The summed E-state index contributed by atoms with van der Waals surface area (Å²) in [5.41, 5.74) is 0.621. The van der Waals surface area contributed by atoms with Crippen LogP contribution in [0.3, 0.4) is 0 Å². The molecule has 0 bridgehead atoms. The number of hydrogen-bond acceptors (Lipinski definition) is 6. The quantitative estimate of drug-likeness (QED) is 0.350. The lowest BCUT2D eigenvalue weighted by atomic mass is 10.2. The van der Waals surface area contributed by atoms with Crippen LogP contribution in [0.5, 0.6) is 11.5 Å². The lowest BCUT2D eigenvalue weighted by Crippen LogP contribution is -2.14. The smallest absolute Gasteiger partial charge is 0.343 e. The number of ether oxygens (including phenoxy) is 3. The molecule has 0 aliphatic carbocycles. The molecule has 2 N–H and O–H groups in total.